The topological polar surface area (TPSA) is 29.3 Å². The Morgan fingerprint density at radius 3 is 2.52 bits per heavy atom. The minimum absolute atomic E-state index is 0.191. The summed E-state index contributed by atoms with van der Waals surface area (Å²) in [5.41, 5.74) is 5.27. The number of hydrogen-bond donors (Lipinski definition) is 1. The van der Waals surface area contributed by atoms with Crippen LogP contribution in [-0.4, -0.2) is 12.6 Å². The highest BCUT2D eigenvalue weighted by Gasteiger charge is 2.36. The molecule has 1 saturated carbocycles. The highest BCUT2D eigenvalue weighted by molar-refractivity contribution is 5.60. The van der Waals surface area contributed by atoms with Crippen LogP contribution >= 0.6 is 0 Å². The molecular formula is C16H21F3N2. The highest BCUT2D eigenvalue weighted by Crippen LogP contribution is 2.40. The summed E-state index contributed by atoms with van der Waals surface area (Å²) >= 11 is 0. The molecule has 0 aromatic heterocycles. The Morgan fingerprint density at radius 2 is 1.76 bits per heavy atom. The second kappa shape index (κ2) is 5.43. The van der Waals surface area contributed by atoms with E-state index in [-0.39, 0.29) is 5.69 Å². The zero-order valence-corrected chi connectivity index (χ0v) is 12.0. The number of piperidine rings is 1. The Bertz CT molecular complexity index is 511. The first-order chi connectivity index (χ1) is 9.97. The lowest BCUT2D eigenvalue weighted by molar-refractivity contribution is -0.136. The number of alkyl halides is 3. The molecule has 21 heavy (non-hydrogen) atoms. The van der Waals surface area contributed by atoms with E-state index >= 15 is 0 Å². The number of fused-ring (bicyclic) bond motifs is 1. The molecule has 0 spiro atoms. The van der Waals surface area contributed by atoms with E-state index in [1.54, 1.807) is 6.07 Å². The van der Waals surface area contributed by atoms with Crippen molar-refractivity contribution in [3.63, 3.8) is 0 Å². The first-order valence-corrected chi connectivity index (χ1v) is 7.70. The van der Waals surface area contributed by atoms with Crippen molar-refractivity contribution >= 4 is 11.4 Å². The fourth-order valence-corrected chi connectivity index (χ4v) is 3.91. The fourth-order valence-electron chi connectivity index (χ4n) is 3.91. The molecule has 0 radical (unpaired) electrons. The van der Waals surface area contributed by atoms with Crippen molar-refractivity contribution in [3.8, 4) is 0 Å². The van der Waals surface area contributed by atoms with Crippen LogP contribution in [0.2, 0.25) is 0 Å². The smallest absolute Gasteiger partial charge is 0.398 e. The monoisotopic (exact) mass is 298 g/mol. The Morgan fingerprint density at radius 1 is 1.05 bits per heavy atom. The van der Waals surface area contributed by atoms with Crippen LogP contribution in [0.15, 0.2) is 18.2 Å². The van der Waals surface area contributed by atoms with Crippen molar-refractivity contribution in [2.45, 2.75) is 50.7 Å². The largest absolute Gasteiger partial charge is 0.418 e. The van der Waals surface area contributed by atoms with Crippen LogP contribution in [0, 0.1) is 5.92 Å². The third-order valence-corrected chi connectivity index (χ3v) is 4.92. The van der Waals surface area contributed by atoms with Crippen LogP contribution in [-0.2, 0) is 6.18 Å². The van der Waals surface area contributed by atoms with Crippen molar-refractivity contribution in [1.29, 1.82) is 0 Å². The van der Waals surface area contributed by atoms with E-state index in [0.29, 0.717) is 17.6 Å². The Balaban J connectivity index is 1.92. The predicted molar refractivity (Wildman–Crippen MR) is 78.2 cm³/mol. The van der Waals surface area contributed by atoms with Crippen molar-refractivity contribution in [1.82, 2.24) is 0 Å². The third-order valence-electron chi connectivity index (χ3n) is 4.92. The molecule has 2 aliphatic rings. The Kier molecular flexibility index (Phi) is 3.76. The maximum atomic E-state index is 13.0. The maximum Gasteiger partial charge on any atom is 0.418 e. The van der Waals surface area contributed by atoms with Crippen molar-refractivity contribution in [3.05, 3.63) is 23.8 Å². The molecule has 1 aliphatic carbocycles. The fraction of sp³-hybridized carbons (Fsp3) is 0.625. The highest BCUT2D eigenvalue weighted by atomic mass is 19.4. The SMILES string of the molecule is Nc1ccc(N2CCC[C@H]3CCCC[C@H]32)cc1C(F)(F)F. The van der Waals surface area contributed by atoms with Gasteiger partial charge in [-0.15, -0.1) is 0 Å². The number of anilines is 2. The van der Waals surface area contributed by atoms with Gasteiger partial charge in [-0.2, -0.15) is 13.2 Å². The van der Waals surface area contributed by atoms with Crippen LogP contribution in [0.25, 0.3) is 0 Å². The molecule has 2 fully saturated rings. The van der Waals surface area contributed by atoms with Gasteiger partial charge in [0.1, 0.15) is 0 Å². The first-order valence-electron chi connectivity index (χ1n) is 7.70. The molecule has 116 valence electrons. The van der Waals surface area contributed by atoms with Gasteiger partial charge in [0, 0.05) is 24.0 Å². The van der Waals surface area contributed by atoms with Gasteiger partial charge in [0.2, 0.25) is 0 Å². The Hall–Kier alpha value is -1.39. The van der Waals surface area contributed by atoms with E-state index in [1.807, 2.05) is 0 Å². The van der Waals surface area contributed by atoms with Crippen molar-refractivity contribution in [2.24, 2.45) is 5.92 Å². The first kappa shape index (κ1) is 14.5. The van der Waals surface area contributed by atoms with Crippen LogP contribution < -0.4 is 10.6 Å². The lowest BCUT2D eigenvalue weighted by Gasteiger charge is -2.45. The number of benzene rings is 1. The second-order valence-electron chi connectivity index (χ2n) is 6.22. The summed E-state index contributed by atoms with van der Waals surface area (Å²) in [6.45, 7) is 0.850. The van der Waals surface area contributed by atoms with Crippen LogP contribution in [0.5, 0.6) is 0 Å². The van der Waals surface area contributed by atoms with Crippen LogP contribution in [0.4, 0.5) is 24.5 Å². The lowest BCUT2D eigenvalue weighted by Crippen LogP contribution is -2.47. The molecule has 1 aromatic carbocycles. The molecular weight excluding hydrogens is 277 g/mol. The predicted octanol–water partition coefficient (Wildman–Crippen LogP) is 4.45. The molecule has 0 unspecified atom stereocenters. The average molecular weight is 298 g/mol. The van der Waals surface area contributed by atoms with Crippen LogP contribution in [0.1, 0.15) is 44.1 Å². The average Bonchev–Trinajstić information content (AvgIpc) is 2.46. The number of nitrogens with two attached hydrogens (primary N) is 1. The van der Waals surface area contributed by atoms with E-state index in [0.717, 1.165) is 19.4 Å². The number of halogens is 3. The summed E-state index contributed by atoms with van der Waals surface area (Å²) in [4.78, 5) is 2.18. The van der Waals surface area contributed by atoms with Gasteiger partial charge < -0.3 is 10.6 Å². The molecule has 0 bridgehead atoms. The van der Waals surface area contributed by atoms with Gasteiger partial charge in [-0.25, -0.2) is 0 Å². The molecule has 1 aromatic rings. The van der Waals surface area contributed by atoms with Gasteiger partial charge in [0.15, 0.2) is 0 Å². The zero-order chi connectivity index (χ0) is 15.0. The van der Waals surface area contributed by atoms with Gasteiger partial charge in [0.05, 0.1) is 5.56 Å². The maximum absolute atomic E-state index is 13.0. The molecule has 1 heterocycles. The summed E-state index contributed by atoms with van der Waals surface area (Å²) < 4.78 is 39.1. The molecule has 1 aliphatic heterocycles. The molecule has 0 amide bonds. The molecule has 3 rings (SSSR count). The number of nitrogens with zero attached hydrogens (tertiary/aromatic N) is 1. The van der Waals surface area contributed by atoms with Crippen molar-refractivity contribution < 1.29 is 13.2 Å². The molecule has 5 heteroatoms. The molecule has 2 N–H and O–H groups in total. The summed E-state index contributed by atoms with van der Waals surface area (Å²) in [6.07, 6.45) is 2.62. The number of hydrogen-bond acceptors (Lipinski definition) is 2. The molecule has 2 atom stereocenters. The summed E-state index contributed by atoms with van der Waals surface area (Å²) in [5, 5.41) is 0. The minimum Gasteiger partial charge on any atom is -0.398 e. The summed E-state index contributed by atoms with van der Waals surface area (Å²) in [7, 11) is 0. The lowest BCUT2D eigenvalue weighted by atomic mass is 9.78. The number of nitrogen functional groups attached to an aromatic ring is 1. The van der Waals surface area contributed by atoms with Gasteiger partial charge in [-0.3, -0.25) is 0 Å². The minimum atomic E-state index is -4.39. The van der Waals surface area contributed by atoms with Crippen LogP contribution in [0.3, 0.4) is 0 Å². The van der Waals surface area contributed by atoms with Crippen molar-refractivity contribution in [2.75, 3.05) is 17.2 Å². The third kappa shape index (κ3) is 2.83. The van der Waals surface area contributed by atoms with Gasteiger partial charge >= 0.3 is 6.18 Å². The van der Waals surface area contributed by atoms with Gasteiger partial charge in [-0.1, -0.05) is 12.8 Å². The van der Waals surface area contributed by atoms with E-state index < -0.39 is 11.7 Å². The van der Waals surface area contributed by atoms with Gasteiger partial charge in [-0.05, 0) is 49.8 Å². The zero-order valence-electron chi connectivity index (χ0n) is 12.0. The summed E-state index contributed by atoms with van der Waals surface area (Å²) in [6, 6.07) is 4.76. The normalized spacial score (nSPS) is 26.5. The van der Waals surface area contributed by atoms with Gasteiger partial charge in [0.25, 0.3) is 0 Å². The molecule has 1 saturated heterocycles. The van der Waals surface area contributed by atoms with E-state index in [2.05, 4.69) is 4.90 Å². The summed E-state index contributed by atoms with van der Waals surface area (Å²) in [5.74, 6) is 0.638. The van der Waals surface area contributed by atoms with E-state index in [1.165, 1.54) is 37.8 Å². The van der Waals surface area contributed by atoms with E-state index in [9.17, 15) is 13.2 Å². The van der Waals surface area contributed by atoms with E-state index in [4.69, 9.17) is 5.73 Å². The second-order valence-corrected chi connectivity index (χ2v) is 6.22. The quantitative estimate of drug-likeness (QED) is 0.776. The number of rotatable bonds is 1. The molecule has 2 nitrogen and oxygen atoms in total. The Labute approximate surface area is 123 Å². The standard InChI is InChI=1S/C16H21F3N2/c17-16(18,19)13-10-12(7-8-14(13)20)21-9-3-5-11-4-1-2-6-15(11)21/h7-8,10-11,15H,1-6,9,20H2/t11-,15-/m1/s1.